The summed E-state index contributed by atoms with van der Waals surface area (Å²) >= 11 is 6.04. The molecule has 0 radical (unpaired) electrons. The van der Waals surface area contributed by atoms with E-state index in [0.717, 1.165) is 11.1 Å². The van der Waals surface area contributed by atoms with Crippen molar-refractivity contribution in [2.45, 2.75) is 20.3 Å². The third-order valence-electron chi connectivity index (χ3n) is 2.24. The van der Waals surface area contributed by atoms with Crippen LogP contribution < -0.4 is 4.74 Å². The van der Waals surface area contributed by atoms with E-state index in [0.29, 0.717) is 16.3 Å². The van der Waals surface area contributed by atoms with Gasteiger partial charge in [-0.15, -0.1) is 0 Å². The molecule has 0 aliphatic heterocycles. The normalized spacial score (nSPS) is 10.1. The van der Waals surface area contributed by atoms with Gasteiger partial charge >= 0.3 is 5.97 Å². The lowest BCUT2D eigenvalue weighted by Gasteiger charge is -2.13. The van der Waals surface area contributed by atoms with Gasteiger partial charge < -0.3 is 9.84 Å². The average molecular weight is 229 g/mol. The zero-order valence-electron chi connectivity index (χ0n) is 8.93. The van der Waals surface area contributed by atoms with Gasteiger partial charge in [-0.1, -0.05) is 17.7 Å². The molecule has 0 spiro atoms. The van der Waals surface area contributed by atoms with Crippen LogP contribution in [0.5, 0.6) is 5.75 Å². The second kappa shape index (κ2) is 4.53. The van der Waals surface area contributed by atoms with Crippen molar-refractivity contribution in [2.24, 2.45) is 0 Å². The lowest BCUT2D eigenvalue weighted by Crippen LogP contribution is -2.04. The number of ether oxygens (including phenoxy) is 1. The number of carbonyl (C=O) groups is 1. The third-order valence-corrected chi connectivity index (χ3v) is 2.83. The van der Waals surface area contributed by atoms with E-state index in [9.17, 15) is 4.79 Å². The summed E-state index contributed by atoms with van der Waals surface area (Å²) in [6.07, 6.45) is -0.0535. The van der Waals surface area contributed by atoms with E-state index in [2.05, 4.69) is 0 Å². The standard InChI is InChI=1S/C11H13ClO3/c1-6-4-8(5-9(13)14)11(15-3)7(2)10(6)12/h4H,5H2,1-3H3,(H,13,14). The topological polar surface area (TPSA) is 46.5 Å². The lowest BCUT2D eigenvalue weighted by molar-refractivity contribution is -0.136. The van der Waals surface area contributed by atoms with Crippen molar-refractivity contribution in [2.75, 3.05) is 7.11 Å². The van der Waals surface area contributed by atoms with Crippen molar-refractivity contribution < 1.29 is 14.6 Å². The average Bonchev–Trinajstić information content (AvgIpc) is 2.14. The summed E-state index contributed by atoms with van der Waals surface area (Å²) in [6.45, 7) is 3.67. The summed E-state index contributed by atoms with van der Waals surface area (Å²) in [6, 6.07) is 1.75. The molecule has 0 aliphatic rings. The molecule has 0 aromatic heterocycles. The van der Waals surface area contributed by atoms with Gasteiger partial charge in [0.1, 0.15) is 5.75 Å². The zero-order chi connectivity index (χ0) is 11.6. The third kappa shape index (κ3) is 2.42. The molecule has 4 heteroatoms. The number of carboxylic acids is 1. The Balaban J connectivity index is 3.31. The van der Waals surface area contributed by atoms with Crippen LogP contribution in [0, 0.1) is 13.8 Å². The van der Waals surface area contributed by atoms with Gasteiger partial charge in [0.2, 0.25) is 0 Å². The minimum atomic E-state index is -0.880. The summed E-state index contributed by atoms with van der Waals surface area (Å²) < 4.78 is 5.17. The second-order valence-electron chi connectivity index (χ2n) is 3.40. The van der Waals surface area contributed by atoms with Crippen LogP contribution in [0.4, 0.5) is 0 Å². The highest BCUT2D eigenvalue weighted by molar-refractivity contribution is 6.32. The van der Waals surface area contributed by atoms with Gasteiger partial charge in [-0.05, 0) is 19.4 Å². The fourth-order valence-electron chi connectivity index (χ4n) is 1.60. The first-order valence-electron chi connectivity index (χ1n) is 4.51. The number of carboxylic acid groups (broad SMARTS) is 1. The molecule has 0 heterocycles. The molecule has 1 rings (SSSR count). The Morgan fingerprint density at radius 1 is 1.53 bits per heavy atom. The van der Waals surface area contributed by atoms with Crippen molar-refractivity contribution in [1.82, 2.24) is 0 Å². The zero-order valence-corrected chi connectivity index (χ0v) is 9.68. The van der Waals surface area contributed by atoms with Crippen LogP contribution in [-0.2, 0) is 11.2 Å². The molecule has 1 aromatic carbocycles. The number of hydrogen-bond acceptors (Lipinski definition) is 2. The van der Waals surface area contributed by atoms with Crippen LogP contribution in [0.15, 0.2) is 6.07 Å². The van der Waals surface area contributed by atoms with E-state index in [1.807, 2.05) is 13.8 Å². The van der Waals surface area contributed by atoms with Crippen molar-refractivity contribution in [3.8, 4) is 5.75 Å². The van der Waals surface area contributed by atoms with Gasteiger partial charge in [0, 0.05) is 11.1 Å². The summed E-state index contributed by atoms with van der Waals surface area (Å²) in [7, 11) is 1.51. The highest BCUT2D eigenvalue weighted by Gasteiger charge is 2.14. The molecule has 0 fully saturated rings. The highest BCUT2D eigenvalue weighted by Crippen LogP contribution is 2.32. The Hall–Kier alpha value is -1.22. The van der Waals surface area contributed by atoms with Crippen molar-refractivity contribution in [3.63, 3.8) is 0 Å². The van der Waals surface area contributed by atoms with Crippen LogP contribution in [0.1, 0.15) is 16.7 Å². The van der Waals surface area contributed by atoms with Crippen LogP contribution in [0.2, 0.25) is 5.02 Å². The molecule has 1 N–H and O–H groups in total. The maximum absolute atomic E-state index is 10.7. The largest absolute Gasteiger partial charge is 0.496 e. The molecule has 82 valence electrons. The Morgan fingerprint density at radius 2 is 2.13 bits per heavy atom. The van der Waals surface area contributed by atoms with Crippen LogP contribution in [0.3, 0.4) is 0 Å². The molecule has 1 aromatic rings. The molecule has 15 heavy (non-hydrogen) atoms. The predicted molar refractivity (Wildman–Crippen MR) is 58.8 cm³/mol. The van der Waals surface area contributed by atoms with E-state index in [1.54, 1.807) is 6.07 Å². The molecule has 0 atom stereocenters. The molecule has 0 aliphatic carbocycles. The van der Waals surface area contributed by atoms with Gasteiger partial charge in [0.25, 0.3) is 0 Å². The second-order valence-corrected chi connectivity index (χ2v) is 3.77. The van der Waals surface area contributed by atoms with E-state index < -0.39 is 5.97 Å². The number of hydrogen-bond donors (Lipinski definition) is 1. The van der Waals surface area contributed by atoms with Crippen LogP contribution >= 0.6 is 11.6 Å². The maximum Gasteiger partial charge on any atom is 0.307 e. The summed E-state index contributed by atoms with van der Waals surface area (Å²) in [5.41, 5.74) is 2.31. The number of halogens is 1. The number of benzene rings is 1. The SMILES string of the molecule is COc1c(CC(=O)O)cc(C)c(Cl)c1C. The minimum absolute atomic E-state index is 0.0535. The molecule has 0 unspecified atom stereocenters. The van der Waals surface area contributed by atoms with E-state index in [1.165, 1.54) is 7.11 Å². The smallest absolute Gasteiger partial charge is 0.307 e. The Kier molecular flexibility index (Phi) is 3.58. The molecule has 0 bridgehead atoms. The van der Waals surface area contributed by atoms with E-state index >= 15 is 0 Å². The first-order chi connectivity index (χ1) is 6.97. The minimum Gasteiger partial charge on any atom is -0.496 e. The lowest BCUT2D eigenvalue weighted by atomic mass is 10.0. The monoisotopic (exact) mass is 228 g/mol. The van der Waals surface area contributed by atoms with E-state index in [-0.39, 0.29) is 6.42 Å². The van der Waals surface area contributed by atoms with Gasteiger partial charge in [0.15, 0.2) is 0 Å². The van der Waals surface area contributed by atoms with Crippen molar-refractivity contribution in [1.29, 1.82) is 0 Å². The number of aliphatic carboxylic acids is 1. The predicted octanol–water partition coefficient (Wildman–Crippen LogP) is 2.59. The molecular weight excluding hydrogens is 216 g/mol. The number of rotatable bonds is 3. The fraction of sp³-hybridized carbons (Fsp3) is 0.364. The van der Waals surface area contributed by atoms with Crippen LogP contribution in [-0.4, -0.2) is 18.2 Å². The molecule has 0 amide bonds. The van der Waals surface area contributed by atoms with Crippen LogP contribution in [0.25, 0.3) is 0 Å². The molecule has 0 saturated heterocycles. The van der Waals surface area contributed by atoms with Gasteiger partial charge in [-0.25, -0.2) is 0 Å². The maximum atomic E-state index is 10.7. The van der Waals surface area contributed by atoms with Gasteiger partial charge in [-0.2, -0.15) is 0 Å². The molecule has 0 saturated carbocycles. The Labute approximate surface area is 93.6 Å². The van der Waals surface area contributed by atoms with Gasteiger partial charge in [0.05, 0.1) is 18.6 Å². The van der Waals surface area contributed by atoms with Crippen molar-refractivity contribution in [3.05, 3.63) is 27.8 Å². The van der Waals surface area contributed by atoms with E-state index in [4.69, 9.17) is 21.4 Å². The van der Waals surface area contributed by atoms with Gasteiger partial charge in [-0.3, -0.25) is 4.79 Å². The molecular formula is C11H13ClO3. The Bertz CT molecular complexity index is 399. The molecule has 3 nitrogen and oxygen atoms in total. The van der Waals surface area contributed by atoms with Crippen molar-refractivity contribution >= 4 is 17.6 Å². The highest BCUT2D eigenvalue weighted by atomic mass is 35.5. The Morgan fingerprint density at radius 3 is 2.60 bits per heavy atom. The summed E-state index contributed by atoms with van der Waals surface area (Å²) in [5.74, 6) is -0.317. The summed E-state index contributed by atoms with van der Waals surface area (Å²) in [4.78, 5) is 10.7. The number of methoxy groups -OCH3 is 1. The first kappa shape index (κ1) is 11.9. The number of aryl methyl sites for hydroxylation is 1. The summed E-state index contributed by atoms with van der Waals surface area (Å²) in [5, 5.41) is 9.38. The quantitative estimate of drug-likeness (QED) is 0.865. The first-order valence-corrected chi connectivity index (χ1v) is 4.89. The fourth-order valence-corrected chi connectivity index (χ4v) is 1.75.